The molecular formula is C23H23NO7S. The van der Waals surface area contributed by atoms with Crippen LogP contribution in [0.1, 0.15) is 23.4 Å². The van der Waals surface area contributed by atoms with Gasteiger partial charge in [0.1, 0.15) is 23.0 Å². The second-order valence-electron chi connectivity index (χ2n) is 7.51. The summed E-state index contributed by atoms with van der Waals surface area (Å²) >= 11 is 0. The van der Waals surface area contributed by atoms with Gasteiger partial charge in [-0.15, -0.1) is 0 Å². The normalized spacial score (nSPS) is 12.7. The Labute approximate surface area is 186 Å². The van der Waals surface area contributed by atoms with Crippen LogP contribution in [0, 0.1) is 6.92 Å². The summed E-state index contributed by atoms with van der Waals surface area (Å²) in [6.45, 7) is 1.84. The molecule has 0 saturated carbocycles. The molecule has 4 rings (SSSR count). The number of aryl methyl sites for hydroxylation is 2. The minimum Gasteiger partial charge on any atom is -0.497 e. The molecule has 0 amide bonds. The van der Waals surface area contributed by atoms with Gasteiger partial charge >= 0.3 is 0 Å². The first-order valence-electron chi connectivity index (χ1n) is 10.0. The van der Waals surface area contributed by atoms with Crippen LogP contribution in [0.5, 0.6) is 17.2 Å². The van der Waals surface area contributed by atoms with E-state index in [9.17, 15) is 13.2 Å². The fraction of sp³-hybridized carbons (Fsp3) is 0.304. The summed E-state index contributed by atoms with van der Waals surface area (Å²) in [4.78, 5) is 16.7. The van der Waals surface area contributed by atoms with Gasteiger partial charge in [0.2, 0.25) is 12.7 Å². The van der Waals surface area contributed by atoms with E-state index in [2.05, 4.69) is 4.98 Å². The van der Waals surface area contributed by atoms with E-state index in [0.717, 1.165) is 5.56 Å². The second kappa shape index (κ2) is 9.04. The van der Waals surface area contributed by atoms with Crippen LogP contribution < -0.4 is 14.2 Å². The van der Waals surface area contributed by atoms with Crippen molar-refractivity contribution in [1.82, 2.24) is 4.98 Å². The number of hydrogen-bond donors (Lipinski definition) is 0. The maximum atomic E-state index is 12.6. The molecule has 0 atom stereocenters. The van der Waals surface area contributed by atoms with Gasteiger partial charge in [-0.25, -0.2) is 13.4 Å². The molecule has 0 N–H and O–H groups in total. The zero-order chi connectivity index (χ0) is 22.7. The molecule has 0 spiro atoms. The largest absolute Gasteiger partial charge is 0.497 e. The highest BCUT2D eigenvalue weighted by Crippen LogP contribution is 2.32. The maximum Gasteiger partial charge on any atom is 0.231 e. The fourth-order valence-corrected chi connectivity index (χ4v) is 4.80. The number of sulfone groups is 1. The molecule has 1 aliphatic heterocycles. The number of fused-ring (bicyclic) bond motifs is 1. The Hall–Kier alpha value is -3.33. The molecule has 0 unspecified atom stereocenters. The van der Waals surface area contributed by atoms with Crippen molar-refractivity contribution in [2.45, 2.75) is 25.5 Å². The lowest BCUT2D eigenvalue weighted by atomic mass is 10.1. The summed E-state index contributed by atoms with van der Waals surface area (Å²) in [6, 6.07) is 12.5. The lowest BCUT2D eigenvalue weighted by Gasteiger charge is -2.04. The number of nitrogens with zero attached hydrogens (tertiary/aromatic N) is 1. The van der Waals surface area contributed by atoms with Crippen LogP contribution >= 0.6 is 0 Å². The van der Waals surface area contributed by atoms with Gasteiger partial charge in [0, 0.05) is 12.0 Å². The third-order valence-corrected chi connectivity index (χ3v) is 6.57. The van der Waals surface area contributed by atoms with E-state index in [0.29, 0.717) is 46.6 Å². The number of Topliss-reactive ketones (excluding diaryl/α,β-unsaturated/α-hetero) is 1. The van der Waals surface area contributed by atoms with Crippen molar-refractivity contribution in [3.05, 3.63) is 59.5 Å². The van der Waals surface area contributed by atoms with Crippen molar-refractivity contribution in [2.75, 3.05) is 19.7 Å². The number of methoxy groups -OCH3 is 1. The van der Waals surface area contributed by atoms with E-state index in [1.165, 1.54) is 0 Å². The van der Waals surface area contributed by atoms with Crippen molar-refractivity contribution in [2.24, 2.45) is 0 Å². The molecule has 168 valence electrons. The predicted molar refractivity (Wildman–Crippen MR) is 117 cm³/mol. The van der Waals surface area contributed by atoms with Gasteiger partial charge in [0.25, 0.3) is 0 Å². The second-order valence-corrected chi connectivity index (χ2v) is 9.57. The van der Waals surface area contributed by atoms with Crippen LogP contribution in [0.3, 0.4) is 0 Å². The van der Waals surface area contributed by atoms with E-state index >= 15 is 0 Å². The number of benzene rings is 2. The minimum atomic E-state index is -3.69. The highest BCUT2D eigenvalue weighted by Gasteiger charge is 2.22. The Morgan fingerprint density at radius 3 is 2.59 bits per heavy atom. The molecular weight excluding hydrogens is 434 g/mol. The van der Waals surface area contributed by atoms with E-state index < -0.39 is 15.6 Å². The molecule has 0 bridgehead atoms. The fourth-order valence-electron chi connectivity index (χ4n) is 3.38. The van der Waals surface area contributed by atoms with Crippen molar-refractivity contribution < 1.29 is 31.8 Å². The molecule has 3 aromatic rings. The predicted octanol–water partition coefficient (Wildman–Crippen LogP) is 3.50. The average Bonchev–Trinajstić information content (AvgIpc) is 3.38. The zero-order valence-corrected chi connectivity index (χ0v) is 18.6. The molecule has 0 radical (unpaired) electrons. The summed E-state index contributed by atoms with van der Waals surface area (Å²) in [5.74, 6) is 1.49. The lowest BCUT2D eigenvalue weighted by Crippen LogP contribution is -2.18. The number of aromatic nitrogens is 1. The Bertz CT molecular complexity index is 1230. The monoisotopic (exact) mass is 457 g/mol. The number of oxazole rings is 1. The van der Waals surface area contributed by atoms with Crippen molar-refractivity contribution in [1.29, 1.82) is 0 Å². The summed E-state index contributed by atoms with van der Waals surface area (Å²) in [6.07, 6.45) is 0.545. The molecule has 2 aromatic carbocycles. The van der Waals surface area contributed by atoms with Crippen LogP contribution in [0.4, 0.5) is 0 Å². The summed E-state index contributed by atoms with van der Waals surface area (Å²) in [5.41, 5.74) is 1.90. The third-order valence-electron chi connectivity index (χ3n) is 5.10. The highest BCUT2D eigenvalue weighted by molar-refractivity contribution is 7.91. The summed E-state index contributed by atoms with van der Waals surface area (Å²) in [5, 5.41) is 0. The highest BCUT2D eigenvalue weighted by atomic mass is 32.2. The molecule has 0 aliphatic carbocycles. The van der Waals surface area contributed by atoms with Crippen LogP contribution in [0.15, 0.2) is 46.9 Å². The average molecular weight is 458 g/mol. The minimum absolute atomic E-state index is 0.119. The smallest absolute Gasteiger partial charge is 0.231 e. The number of ether oxygens (including phenoxy) is 3. The molecule has 2 heterocycles. The quantitative estimate of drug-likeness (QED) is 0.481. The summed E-state index contributed by atoms with van der Waals surface area (Å²) < 4.78 is 46.6. The van der Waals surface area contributed by atoms with Crippen LogP contribution in [-0.4, -0.2) is 38.8 Å². The summed E-state index contributed by atoms with van der Waals surface area (Å²) in [7, 11) is -2.11. The van der Waals surface area contributed by atoms with Gasteiger partial charge in [-0.1, -0.05) is 6.07 Å². The number of ketones is 1. The maximum absolute atomic E-state index is 12.6. The standard InChI is InChI=1S/C23H23NO7S/c1-15-20(24-23(31-15)17-5-8-19(28-2)9-6-17)13-32(26,27)12-18(25)7-3-16-4-10-21-22(11-16)30-14-29-21/h4-6,8-11H,3,7,12-14H2,1-2H3. The van der Waals surface area contributed by atoms with E-state index in [4.69, 9.17) is 18.6 Å². The van der Waals surface area contributed by atoms with Gasteiger partial charge < -0.3 is 18.6 Å². The van der Waals surface area contributed by atoms with Gasteiger partial charge in [0.05, 0.1) is 18.6 Å². The molecule has 9 heteroatoms. The number of rotatable bonds is 9. The molecule has 0 saturated heterocycles. The molecule has 8 nitrogen and oxygen atoms in total. The van der Waals surface area contributed by atoms with Crippen LogP contribution in [-0.2, 0) is 26.8 Å². The van der Waals surface area contributed by atoms with Gasteiger partial charge in [0.15, 0.2) is 21.3 Å². The SMILES string of the molecule is COc1ccc(-c2nc(CS(=O)(=O)CC(=O)CCc3ccc4c(c3)OCO4)c(C)o2)cc1. The first kappa shape index (κ1) is 21.9. The molecule has 1 aromatic heterocycles. The van der Waals surface area contributed by atoms with Crippen LogP contribution in [0.25, 0.3) is 11.5 Å². The van der Waals surface area contributed by atoms with Gasteiger partial charge in [-0.2, -0.15) is 0 Å². The van der Waals surface area contributed by atoms with Crippen molar-refractivity contribution in [3.63, 3.8) is 0 Å². The topological polar surface area (TPSA) is 105 Å². The Morgan fingerprint density at radius 1 is 1.09 bits per heavy atom. The Kier molecular flexibility index (Phi) is 6.18. The number of carbonyl (C=O) groups is 1. The third kappa shape index (κ3) is 5.11. The first-order valence-corrected chi connectivity index (χ1v) is 11.9. The Balaban J connectivity index is 1.36. The van der Waals surface area contributed by atoms with Gasteiger partial charge in [-0.3, -0.25) is 4.79 Å². The van der Waals surface area contributed by atoms with E-state index in [-0.39, 0.29) is 24.7 Å². The first-order chi connectivity index (χ1) is 15.3. The van der Waals surface area contributed by atoms with E-state index in [1.807, 2.05) is 12.1 Å². The zero-order valence-electron chi connectivity index (χ0n) is 17.8. The number of carbonyl (C=O) groups excluding carboxylic acids is 1. The van der Waals surface area contributed by atoms with Gasteiger partial charge in [-0.05, 0) is 55.3 Å². The number of hydrogen-bond acceptors (Lipinski definition) is 8. The van der Waals surface area contributed by atoms with Crippen molar-refractivity contribution in [3.8, 4) is 28.7 Å². The van der Waals surface area contributed by atoms with Crippen LogP contribution in [0.2, 0.25) is 0 Å². The molecule has 0 fully saturated rings. The van der Waals surface area contributed by atoms with E-state index in [1.54, 1.807) is 44.4 Å². The lowest BCUT2D eigenvalue weighted by molar-refractivity contribution is -0.116. The van der Waals surface area contributed by atoms with Crippen molar-refractivity contribution >= 4 is 15.6 Å². The molecule has 32 heavy (non-hydrogen) atoms. The molecule has 1 aliphatic rings. The Morgan fingerprint density at radius 2 is 1.84 bits per heavy atom.